The highest BCUT2D eigenvalue weighted by Gasteiger charge is 2.66. The standard InChI is InChI=1S/C19H26FN3O.HI/c1-12-4-5-13(10-15(12)20)11-22-18(21-2)23-16-14-6-9-24-17(14)19(16)7-3-8-19;/h4-5,10,14,16-17H,3,6-9,11H2,1-2H3,(H2,21,22,23);1H. The molecule has 1 aliphatic heterocycles. The van der Waals surface area contributed by atoms with E-state index in [4.69, 9.17) is 4.74 Å². The van der Waals surface area contributed by atoms with Gasteiger partial charge in [-0.2, -0.15) is 0 Å². The van der Waals surface area contributed by atoms with Crippen molar-refractivity contribution >= 4 is 29.9 Å². The second-order valence-electron chi connectivity index (χ2n) is 7.46. The first-order valence-corrected chi connectivity index (χ1v) is 8.98. The molecule has 6 heteroatoms. The molecule has 138 valence electrons. The number of aryl methyl sites for hydroxylation is 1. The van der Waals surface area contributed by atoms with Gasteiger partial charge in [0.1, 0.15) is 5.82 Å². The first-order chi connectivity index (χ1) is 11.6. The van der Waals surface area contributed by atoms with Crippen LogP contribution in [0, 0.1) is 24.1 Å². The lowest BCUT2D eigenvalue weighted by Gasteiger charge is -2.63. The summed E-state index contributed by atoms with van der Waals surface area (Å²) >= 11 is 0. The van der Waals surface area contributed by atoms with E-state index in [1.807, 2.05) is 12.1 Å². The fourth-order valence-corrected chi connectivity index (χ4v) is 4.73. The van der Waals surface area contributed by atoms with Gasteiger partial charge in [-0.05, 0) is 43.4 Å². The smallest absolute Gasteiger partial charge is 0.191 e. The summed E-state index contributed by atoms with van der Waals surface area (Å²) in [6, 6.07) is 5.82. The van der Waals surface area contributed by atoms with Gasteiger partial charge in [0, 0.05) is 37.6 Å². The molecule has 4 rings (SSSR count). The van der Waals surface area contributed by atoms with Crippen LogP contribution in [0.5, 0.6) is 0 Å². The molecule has 2 saturated carbocycles. The predicted molar refractivity (Wildman–Crippen MR) is 108 cm³/mol. The summed E-state index contributed by atoms with van der Waals surface area (Å²) in [5, 5.41) is 6.96. The van der Waals surface area contributed by atoms with Gasteiger partial charge in [-0.3, -0.25) is 4.99 Å². The number of rotatable bonds is 3. The Morgan fingerprint density at radius 2 is 2.20 bits per heavy atom. The Balaban J connectivity index is 0.00000182. The Morgan fingerprint density at radius 1 is 1.40 bits per heavy atom. The molecule has 1 aromatic carbocycles. The molecule has 2 aliphatic carbocycles. The van der Waals surface area contributed by atoms with Gasteiger partial charge in [0.15, 0.2) is 5.96 Å². The molecule has 0 radical (unpaired) electrons. The monoisotopic (exact) mass is 459 g/mol. The summed E-state index contributed by atoms with van der Waals surface area (Å²) in [7, 11) is 1.79. The van der Waals surface area contributed by atoms with Crippen LogP contribution in [0.1, 0.15) is 36.8 Å². The van der Waals surface area contributed by atoms with Crippen LogP contribution in [0.15, 0.2) is 23.2 Å². The summed E-state index contributed by atoms with van der Waals surface area (Å²) < 4.78 is 19.6. The molecule has 0 bridgehead atoms. The molecule has 3 aliphatic rings. The van der Waals surface area contributed by atoms with Crippen LogP contribution in [0.25, 0.3) is 0 Å². The van der Waals surface area contributed by atoms with E-state index in [0.717, 1.165) is 24.6 Å². The molecular weight excluding hydrogens is 432 g/mol. The first-order valence-electron chi connectivity index (χ1n) is 8.98. The van der Waals surface area contributed by atoms with Crippen molar-refractivity contribution in [3.8, 4) is 0 Å². The second-order valence-corrected chi connectivity index (χ2v) is 7.46. The van der Waals surface area contributed by atoms with Gasteiger partial charge in [-0.15, -0.1) is 24.0 Å². The van der Waals surface area contributed by atoms with Gasteiger partial charge < -0.3 is 15.4 Å². The van der Waals surface area contributed by atoms with E-state index in [9.17, 15) is 4.39 Å². The van der Waals surface area contributed by atoms with Crippen molar-refractivity contribution in [2.75, 3.05) is 13.7 Å². The molecule has 1 saturated heterocycles. The van der Waals surface area contributed by atoms with Crippen LogP contribution in [0.4, 0.5) is 4.39 Å². The number of ether oxygens (including phenoxy) is 1. The number of halogens is 2. The quantitative estimate of drug-likeness (QED) is 0.414. The van der Waals surface area contributed by atoms with Crippen LogP contribution in [0.2, 0.25) is 0 Å². The van der Waals surface area contributed by atoms with E-state index in [-0.39, 0.29) is 29.8 Å². The zero-order valence-electron chi connectivity index (χ0n) is 14.8. The largest absolute Gasteiger partial charge is 0.377 e. The van der Waals surface area contributed by atoms with Gasteiger partial charge >= 0.3 is 0 Å². The third-order valence-electron chi connectivity index (χ3n) is 6.25. The number of fused-ring (bicyclic) bond motifs is 2. The molecule has 3 atom stereocenters. The summed E-state index contributed by atoms with van der Waals surface area (Å²) in [4.78, 5) is 4.36. The number of guanidine groups is 1. The van der Waals surface area contributed by atoms with Crippen LogP contribution < -0.4 is 10.6 Å². The summed E-state index contributed by atoms with van der Waals surface area (Å²) in [5.74, 6) is 1.26. The van der Waals surface area contributed by atoms with Crippen molar-refractivity contribution in [3.05, 3.63) is 35.1 Å². The molecule has 25 heavy (non-hydrogen) atoms. The molecule has 2 N–H and O–H groups in total. The fourth-order valence-electron chi connectivity index (χ4n) is 4.73. The summed E-state index contributed by atoms with van der Waals surface area (Å²) in [6.07, 6.45) is 5.41. The highest BCUT2D eigenvalue weighted by Crippen LogP contribution is 2.62. The zero-order valence-corrected chi connectivity index (χ0v) is 17.2. The Bertz CT molecular complexity index is 662. The minimum atomic E-state index is -0.157. The normalized spacial score (nSPS) is 29.2. The lowest BCUT2D eigenvalue weighted by atomic mass is 9.46. The highest BCUT2D eigenvalue weighted by atomic mass is 127. The lowest BCUT2D eigenvalue weighted by Crippen LogP contribution is -2.72. The molecule has 3 unspecified atom stereocenters. The van der Waals surface area contributed by atoms with Crippen LogP contribution >= 0.6 is 24.0 Å². The first kappa shape index (κ1) is 18.9. The van der Waals surface area contributed by atoms with Gasteiger partial charge in [-0.1, -0.05) is 18.6 Å². The van der Waals surface area contributed by atoms with Crippen molar-refractivity contribution in [1.29, 1.82) is 0 Å². The van der Waals surface area contributed by atoms with E-state index in [1.165, 1.54) is 19.3 Å². The van der Waals surface area contributed by atoms with E-state index in [2.05, 4.69) is 15.6 Å². The molecule has 1 spiro atoms. The fraction of sp³-hybridized carbons (Fsp3) is 0.632. The van der Waals surface area contributed by atoms with Gasteiger partial charge in [-0.25, -0.2) is 4.39 Å². The molecule has 0 aromatic heterocycles. The third kappa shape index (κ3) is 3.16. The van der Waals surface area contributed by atoms with Crippen molar-refractivity contribution in [1.82, 2.24) is 10.6 Å². The maximum absolute atomic E-state index is 13.7. The minimum absolute atomic E-state index is 0. The van der Waals surface area contributed by atoms with Crippen molar-refractivity contribution < 1.29 is 9.13 Å². The zero-order chi connectivity index (χ0) is 16.7. The third-order valence-corrected chi connectivity index (χ3v) is 6.25. The SMILES string of the molecule is CN=C(NCc1ccc(C)c(F)c1)NC1C2CCOC2C12CCC2.I. The summed E-state index contributed by atoms with van der Waals surface area (Å²) in [5.41, 5.74) is 1.93. The van der Waals surface area contributed by atoms with E-state index in [1.54, 1.807) is 20.0 Å². The van der Waals surface area contributed by atoms with E-state index >= 15 is 0 Å². The van der Waals surface area contributed by atoms with Gasteiger partial charge in [0.05, 0.1) is 6.10 Å². The molecule has 3 fully saturated rings. The number of nitrogens with zero attached hydrogens (tertiary/aromatic N) is 1. The Labute approximate surface area is 166 Å². The van der Waals surface area contributed by atoms with Crippen molar-refractivity contribution in [2.45, 2.75) is 51.3 Å². The lowest BCUT2D eigenvalue weighted by molar-refractivity contribution is -0.171. The second kappa shape index (κ2) is 7.39. The van der Waals surface area contributed by atoms with Crippen molar-refractivity contribution in [2.24, 2.45) is 16.3 Å². The maximum Gasteiger partial charge on any atom is 0.191 e. The Morgan fingerprint density at radius 3 is 2.84 bits per heavy atom. The predicted octanol–water partition coefficient (Wildman–Crippen LogP) is 3.37. The van der Waals surface area contributed by atoms with Gasteiger partial charge in [0.25, 0.3) is 0 Å². The van der Waals surface area contributed by atoms with Crippen LogP contribution in [-0.2, 0) is 11.3 Å². The highest BCUT2D eigenvalue weighted by molar-refractivity contribution is 14.0. The average molecular weight is 459 g/mol. The Hall–Kier alpha value is -0.890. The van der Waals surface area contributed by atoms with E-state index < -0.39 is 0 Å². The van der Waals surface area contributed by atoms with Crippen LogP contribution in [0.3, 0.4) is 0 Å². The number of nitrogens with one attached hydrogen (secondary N) is 2. The average Bonchev–Trinajstić information content (AvgIpc) is 2.94. The number of benzene rings is 1. The van der Waals surface area contributed by atoms with Gasteiger partial charge in [0.2, 0.25) is 0 Å². The number of hydrogen-bond donors (Lipinski definition) is 2. The molecule has 1 heterocycles. The van der Waals surface area contributed by atoms with Crippen LogP contribution in [-0.4, -0.2) is 31.8 Å². The van der Waals surface area contributed by atoms with Crippen molar-refractivity contribution in [3.63, 3.8) is 0 Å². The maximum atomic E-state index is 13.7. The molecular formula is C19H27FIN3O. The summed E-state index contributed by atoms with van der Waals surface area (Å²) in [6.45, 7) is 3.24. The topological polar surface area (TPSA) is 45.7 Å². The minimum Gasteiger partial charge on any atom is -0.377 e. The number of hydrogen-bond acceptors (Lipinski definition) is 2. The molecule has 4 nitrogen and oxygen atoms in total. The molecule has 1 aromatic rings. The van der Waals surface area contributed by atoms with E-state index in [0.29, 0.717) is 35.6 Å². The Kier molecular flexibility index (Phi) is 5.58. The number of aliphatic imine (C=N–C) groups is 1. The molecule has 0 amide bonds.